The summed E-state index contributed by atoms with van der Waals surface area (Å²) in [7, 11) is 0. The first-order chi connectivity index (χ1) is 10.7. The van der Waals surface area contributed by atoms with Crippen LogP contribution in [0.2, 0.25) is 5.02 Å². The molecule has 2 aliphatic heterocycles. The van der Waals surface area contributed by atoms with Crippen LogP contribution >= 0.6 is 11.6 Å². The second-order valence-corrected chi connectivity index (χ2v) is 7.10. The molecule has 0 amide bonds. The van der Waals surface area contributed by atoms with Gasteiger partial charge in [0.15, 0.2) is 0 Å². The molecule has 0 spiro atoms. The predicted molar refractivity (Wildman–Crippen MR) is 95.1 cm³/mol. The number of piperazine rings is 1. The standard InChI is InChI=1S/C18H28ClN3/c1-15-3-2-4-17(18(15)19)22-13-11-21(12-14-22)10-7-16-5-8-20-9-6-16/h2-4,16,20H,5-14H2,1H3. The van der Waals surface area contributed by atoms with Gasteiger partial charge < -0.3 is 10.2 Å². The van der Waals surface area contributed by atoms with Crippen molar-refractivity contribution in [1.82, 2.24) is 10.2 Å². The Labute approximate surface area is 139 Å². The van der Waals surface area contributed by atoms with Gasteiger partial charge in [0.2, 0.25) is 0 Å². The number of benzene rings is 1. The van der Waals surface area contributed by atoms with Gasteiger partial charge in [0.05, 0.1) is 10.7 Å². The normalized spacial score (nSPS) is 21.3. The second-order valence-electron chi connectivity index (χ2n) is 6.72. The molecule has 2 aliphatic rings. The van der Waals surface area contributed by atoms with Crippen LogP contribution in [0.25, 0.3) is 0 Å². The zero-order chi connectivity index (χ0) is 15.4. The minimum Gasteiger partial charge on any atom is -0.368 e. The van der Waals surface area contributed by atoms with Gasteiger partial charge in [0.1, 0.15) is 0 Å². The van der Waals surface area contributed by atoms with E-state index in [0.29, 0.717) is 0 Å². The van der Waals surface area contributed by atoms with Gasteiger partial charge >= 0.3 is 0 Å². The van der Waals surface area contributed by atoms with Crippen LogP contribution < -0.4 is 10.2 Å². The van der Waals surface area contributed by atoms with Crippen LogP contribution in [0.15, 0.2) is 18.2 Å². The van der Waals surface area contributed by atoms with Crippen molar-refractivity contribution in [2.24, 2.45) is 5.92 Å². The van der Waals surface area contributed by atoms with E-state index in [9.17, 15) is 0 Å². The molecule has 1 N–H and O–H groups in total. The summed E-state index contributed by atoms with van der Waals surface area (Å²) in [6.45, 7) is 10.3. The molecule has 1 aromatic carbocycles. The van der Waals surface area contributed by atoms with Crippen molar-refractivity contribution < 1.29 is 0 Å². The van der Waals surface area contributed by atoms with E-state index < -0.39 is 0 Å². The van der Waals surface area contributed by atoms with Crippen LogP contribution in [0.1, 0.15) is 24.8 Å². The summed E-state index contributed by atoms with van der Waals surface area (Å²) in [5, 5.41) is 4.38. The molecular formula is C18H28ClN3. The molecule has 3 nitrogen and oxygen atoms in total. The van der Waals surface area contributed by atoms with Gasteiger partial charge in [-0.1, -0.05) is 23.7 Å². The fraction of sp³-hybridized carbons (Fsp3) is 0.667. The molecule has 3 rings (SSSR count). The predicted octanol–water partition coefficient (Wildman–Crippen LogP) is 3.16. The number of aryl methyl sites for hydroxylation is 1. The monoisotopic (exact) mass is 321 g/mol. The summed E-state index contributed by atoms with van der Waals surface area (Å²) in [5.74, 6) is 0.936. The van der Waals surface area contributed by atoms with Crippen molar-refractivity contribution >= 4 is 17.3 Å². The van der Waals surface area contributed by atoms with Crippen molar-refractivity contribution in [3.63, 3.8) is 0 Å². The minimum atomic E-state index is 0.922. The Morgan fingerprint density at radius 1 is 1.14 bits per heavy atom. The van der Waals surface area contributed by atoms with Crippen molar-refractivity contribution in [2.75, 3.05) is 50.7 Å². The number of rotatable bonds is 4. The van der Waals surface area contributed by atoms with Crippen molar-refractivity contribution in [3.05, 3.63) is 28.8 Å². The summed E-state index contributed by atoms with van der Waals surface area (Å²) in [5.41, 5.74) is 2.38. The second kappa shape index (κ2) is 7.67. The Kier molecular flexibility index (Phi) is 5.61. The zero-order valence-electron chi connectivity index (χ0n) is 13.7. The molecular weight excluding hydrogens is 294 g/mol. The summed E-state index contributed by atoms with van der Waals surface area (Å²) in [6, 6.07) is 6.35. The topological polar surface area (TPSA) is 18.5 Å². The lowest BCUT2D eigenvalue weighted by Gasteiger charge is -2.37. The lowest BCUT2D eigenvalue weighted by atomic mass is 9.94. The van der Waals surface area contributed by atoms with Crippen molar-refractivity contribution in [2.45, 2.75) is 26.2 Å². The van der Waals surface area contributed by atoms with E-state index in [1.807, 2.05) is 0 Å². The third-order valence-electron chi connectivity index (χ3n) is 5.20. The largest absolute Gasteiger partial charge is 0.368 e. The molecule has 2 fully saturated rings. The third-order valence-corrected chi connectivity index (χ3v) is 5.69. The average molecular weight is 322 g/mol. The fourth-order valence-corrected chi connectivity index (χ4v) is 3.87. The lowest BCUT2D eigenvalue weighted by Crippen LogP contribution is -2.47. The highest BCUT2D eigenvalue weighted by atomic mass is 35.5. The van der Waals surface area contributed by atoms with E-state index in [1.54, 1.807) is 0 Å². The molecule has 22 heavy (non-hydrogen) atoms. The van der Waals surface area contributed by atoms with Crippen LogP contribution in [-0.4, -0.2) is 50.7 Å². The molecule has 2 saturated heterocycles. The first-order valence-electron chi connectivity index (χ1n) is 8.67. The summed E-state index contributed by atoms with van der Waals surface area (Å²) < 4.78 is 0. The van der Waals surface area contributed by atoms with E-state index in [-0.39, 0.29) is 0 Å². The van der Waals surface area contributed by atoms with Gasteiger partial charge in [0, 0.05) is 26.2 Å². The molecule has 4 heteroatoms. The highest BCUT2D eigenvalue weighted by Crippen LogP contribution is 2.29. The Morgan fingerprint density at radius 3 is 2.59 bits per heavy atom. The number of hydrogen-bond acceptors (Lipinski definition) is 3. The van der Waals surface area contributed by atoms with Gasteiger partial charge in [-0.25, -0.2) is 0 Å². The Balaban J connectivity index is 1.47. The number of piperidine rings is 1. The minimum absolute atomic E-state index is 0.922. The SMILES string of the molecule is Cc1cccc(N2CCN(CCC3CCNCC3)CC2)c1Cl. The molecule has 0 unspecified atom stereocenters. The van der Waals surface area contributed by atoms with E-state index in [0.717, 1.165) is 37.1 Å². The molecule has 122 valence electrons. The fourth-order valence-electron chi connectivity index (χ4n) is 3.62. The maximum absolute atomic E-state index is 6.46. The number of nitrogens with zero attached hydrogens (tertiary/aromatic N) is 2. The first kappa shape index (κ1) is 16.1. The van der Waals surface area contributed by atoms with Gasteiger partial charge in [0.25, 0.3) is 0 Å². The van der Waals surface area contributed by atoms with Crippen molar-refractivity contribution in [1.29, 1.82) is 0 Å². The highest BCUT2D eigenvalue weighted by Gasteiger charge is 2.20. The van der Waals surface area contributed by atoms with Crippen LogP contribution in [0.4, 0.5) is 5.69 Å². The van der Waals surface area contributed by atoms with Gasteiger partial charge in [-0.3, -0.25) is 4.90 Å². The van der Waals surface area contributed by atoms with Gasteiger partial charge in [-0.05, 0) is 63.4 Å². The zero-order valence-corrected chi connectivity index (χ0v) is 14.4. The number of nitrogens with one attached hydrogen (secondary N) is 1. The van der Waals surface area contributed by atoms with Gasteiger partial charge in [-0.2, -0.15) is 0 Å². The first-order valence-corrected chi connectivity index (χ1v) is 9.05. The van der Waals surface area contributed by atoms with Crippen molar-refractivity contribution in [3.8, 4) is 0 Å². The maximum Gasteiger partial charge on any atom is 0.0668 e. The Morgan fingerprint density at radius 2 is 1.86 bits per heavy atom. The molecule has 2 heterocycles. The number of hydrogen-bond donors (Lipinski definition) is 1. The van der Waals surface area contributed by atoms with Crippen LogP contribution in [-0.2, 0) is 0 Å². The molecule has 0 saturated carbocycles. The molecule has 0 aromatic heterocycles. The highest BCUT2D eigenvalue weighted by molar-refractivity contribution is 6.34. The lowest BCUT2D eigenvalue weighted by molar-refractivity contribution is 0.224. The average Bonchev–Trinajstić information content (AvgIpc) is 2.57. The summed E-state index contributed by atoms with van der Waals surface area (Å²) >= 11 is 6.46. The van der Waals surface area contributed by atoms with Gasteiger partial charge in [-0.15, -0.1) is 0 Å². The van der Waals surface area contributed by atoms with E-state index in [1.165, 1.54) is 50.1 Å². The molecule has 0 aliphatic carbocycles. The summed E-state index contributed by atoms with van der Waals surface area (Å²) in [6.07, 6.45) is 4.09. The maximum atomic E-state index is 6.46. The molecule has 0 atom stereocenters. The van der Waals surface area contributed by atoms with E-state index >= 15 is 0 Å². The van der Waals surface area contributed by atoms with Crippen LogP contribution in [0.3, 0.4) is 0 Å². The molecule has 0 radical (unpaired) electrons. The van der Waals surface area contributed by atoms with Crippen LogP contribution in [0.5, 0.6) is 0 Å². The smallest absolute Gasteiger partial charge is 0.0668 e. The molecule has 1 aromatic rings. The third kappa shape index (κ3) is 3.95. The Bertz CT molecular complexity index is 477. The Hall–Kier alpha value is -0.770. The summed E-state index contributed by atoms with van der Waals surface area (Å²) in [4.78, 5) is 5.07. The van der Waals surface area contributed by atoms with Crippen LogP contribution in [0, 0.1) is 12.8 Å². The quantitative estimate of drug-likeness (QED) is 0.919. The number of anilines is 1. The number of halogens is 1. The molecule has 0 bridgehead atoms. The van der Waals surface area contributed by atoms with E-state index in [2.05, 4.69) is 40.2 Å². The van der Waals surface area contributed by atoms with E-state index in [4.69, 9.17) is 11.6 Å².